The summed E-state index contributed by atoms with van der Waals surface area (Å²) in [7, 11) is 0. The Morgan fingerprint density at radius 2 is 2.17 bits per heavy atom. The Labute approximate surface area is 109 Å². The van der Waals surface area contributed by atoms with Crippen molar-refractivity contribution in [3.8, 4) is 5.75 Å². The maximum Gasteiger partial charge on any atom is 0.311 e. The maximum atomic E-state index is 13.0. The van der Waals surface area contributed by atoms with Gasteiger partial charge >= 0.3 is 5.69 Å². The van der Waals surface area contributed by atoms with Crippen LogP contribution in [0, 0.1) is 15.9 Å². The van der Waals surface area contributed by atoms with Crippen molar-refractivity contribution in [2.75, 3.05) is 0 Å². The average molecular weight is 316 g/mol. The number of nitrogens with zero attached hydrogens (tertiary/aromatic N) is 1. The van der Waals surface area contributed by atoms with Gasteiger partial charge in [-0.3, -0.25) is 10.1 Å². The molecule has 0 spiro atoms. The van der Waals surface area contributed by atoms with Gasteiger partial charge in [0.2, 0.25) is 0 Å². The molecule has 1 heterocycles. The van der Waals surface area contributed by atoms with Gasteiger partial charge in [-0.05, 0) is 34.1 Å². The fourth-order valence-electron chi connectivity index (χ4n) is 1.33. The van der Waals surface area contributed by atoms with Crippen molar-refractivity contribution in [3.63, 3.8) is 0 Å². The Kier molecular flexibility index (Phi) is 3.61. The molecule has 0 aliphatic rings. The van der Waals surface area contributed by atoms with E-state index in [1.807, 2.05) is 0 Å². The lowest BCUT2D eigenvalue weighted by Crippen LogP contribution is -1.98. The first kappa shape index (κ1) is 12.6. The van der Waals surface area contributed by atoms with Crippen LogP contribution in [0.1, 0.15) is 5.76 Å². The molecule has 0 fully saturated rings. The van der Waals surface area contributed by atoms with Crippen LogP contribution in [0.5, 0.6) is 5.75 Å². The lowest BCUT2D eigenvalue weighted by molar-refractivity contribution is -0.386. The van der Waals surface area contributed by atoms with Crippen molar-refractivity contribution in [2.24, 2.45) is 0 Å². The van der Waals surface area contributed by atoms with Crippen LogP contribution >= 0.6 is 15.9 Å². The topological polar surface area (TPSA) is 65.5 Å². The van der Waals surface area contributed by atoms with Crippen LogP contribution in [0.4, 0.5) is 10.1 Å². The van der Waals surface area contributed by atoms with E-state index in [1.54, 1.807) is 12.1 Å². The summed E-state index contributed by atoms with van der Waals surface area (Å²) in [6.07, 6.45) is 0. The summed E-state index contributed by atoms with van der Waals surface area (Å²) < 4.78 is 23.9. The van der Waals surface area contributed by atoms with E-state index in [0.717, 1.165) is 18.2 Å². The number of rotatable bonds is 4. The third kappa shape index (κ3) is 2.86. The molecule has 0 unspecified atom stereocenters. The van der Waals surface area contributed by atoms with Crippen molar-refractivity contribution in [3.05, 3.63) is 56.7 Å². The Hall–Kier alpha value is -1.89. The number of halogens is 2. The molecule has 2 rings (SSSR count). The zero-order valence-electron chi connectivity index (χ0n) is 8.93. The molecule has 0 amide bonds. The molecule has 5 nitrogen and oxygen atoms in total. The number of hydrogen-bond acceptors (Lipinski definition) is 4. The quantitative estimate of drug-likeness (QED) is 0.637. The van der Waals surface area contributed by atoms with Gasteiger partial charge in [0.1, 0.15) is 18.2 Å². The minimum Gasteiger partial charge on any atom is -0.479 e. The largest absolute Gasteiger partial charge is 0.479 e. The first-order chi connectivity index (χ1) is 8.56. The van der Waals surface area contributed by atoms with Gasteiger partial charge in [-0.25, -0.2) is 4.39 Å². The van der Waals surface area contributed by atoms with E-state index in [-0.39, 0.29) is 18.0 Å². The van der Waals surface area contributed by atoms with E-state index in [4.69, 9.17) is 9.15 Å². The van der Waals surface area contributed by atoms with E-state index in [0.29, 0.717) is 10.4 Å². The molecule has 18 heavy (non-hydrogen) atoms. The second kappa shape index (κ2) is 5.18. The van der Waals surface area contributed by atoms with Crippen LogP contribution in [0.3, 0.4) is 0 Å². The first-order valence-corrected chi connectivity index (χ1v) is 5.66. The van der Waals surface area contributed by atoms with Crippen LogP contribution in [-0.4, -0.2) is 4.92 Å². The molecule has 0 aliphatic heterocycles. The highest BCUT2D eigenvalue weighted by Crippen LogP contribution is 2.28. The molecule has 1 aromatic heterocycles. The average Bonchev–Trinajstić information content (AvgIpc) is 2.72. The summed E-state index contributed by atoms with van der Waals surface area (Å²) in [5, 5.41) is 10.7. The highest BCUT2D eigenvalue weighted by molar-refractivity contribution is 9.10. The van der Waals surface area contributed by atoms with Crippen LogP contribution in [0.2, 0.25) is 0 Å². The highest BCUT2D eigenvalue weighted by atomic mass is 79.9. The highest BCUT2D eigenvalue weighted by Gasteiger charge is 2.16. The number of furan rings is 1. The van der Waals surface area contributed by atoms with Crippen molar-refractivity contribution in [1.29, 1.82) is 0 Å². The molecule has 0 aliphatic carbocycles. The molecular weight excluding hydrogens is 309 g/mol. The molecule has 94 valence electrons. The second-order valence-electron chi connectivity index (χ2n) is 3.36. The first-order valence-electron chi connectivity index (χ1n) is 4.87. The summed E-state index contributed by atoms with van der Waals surface area (Å²) >= 11 is 3.12. The third-order valence-electron chi connectivity index (χ3n) is 2.12. The molecule has 7 heteroatoms. The molecule has 0 bridgehead atoms. The number of benzene rings is 1. The van der Waals surface area contributed by atoms with Crippen LogP contribution in [-0.2, 0) is 6.61 Å². The van der Waals surface area contributed by atoms with Gasteiger partial charge < -0.3 is 9.15 Å². The van der Waals surface area contributed by atoms with E-state index in [1.165, 1.54) is 0 Å². The Morgan fingerprint density at radius 1 is 1.39 bits per heavy atom. The van der Waals surface area contributed by atoms with Crippen LogP contribution in [0.25, 0.3) is 0 Å². The van der Waals surface area contributed by atoms with Gasteiger partial charge in [0.25, 0.3) is 0 Å². The van der Waals surface area contributed by atoms with E-state index < -0.39 is 10.7 Å². The van der Waals surface area contributed by atoms with Crippen LogP contribution < -0.4 is 4.74 Å². The summed E-state index contributed by atoms with van der Waals surface area (Å²) in [6.45, 7) is -0.0180. The lowest BCUT2D eigenvalue weighted by atomic mass is 10.3. The van der Waals surface area contributed by atoms with Crippen molar-refractivity contribution >= 4 is 21.6 Å². The number of nitro benzene ring substituents is 1. The third-order valence-corrected chi connectivity index (χ3v) is 2.54. The van der Waals surface area contributed by atoms with Gasteiger partial charge in [0, 0.05) is 12.1 Å². The zero-order chi connectivity index (χ0) is 13.1. The monoisotopic (exact) mass is 315 g/mol. The van der Waals surface area contributed by atoms with Crippen molar-refractivity contribution < 1.29 is 18.5 Å². The summed E-state index contributed by atoms with van der Waals surface area (Å²) in [5.74, 6) is -0.260. The molecule has 0 radical (unpaired) electrons. The van der Waals surface area contributed by atoms with Gasteiger partial charge in [0.05, 0.1) is 4.92 Å². The summed E-state index contributed by atoms with van der Waals surface area (Å²) in [5.41, 5.74) is -0.290. The fourth-order valence-corrected chi connectivity index (χ4v) is 1.67. The van der Waals surface area contributed by atoms with Crippen molar-refractivity contribution in [1.82, 2.24) is 0 Å². The van der Waals surface area contributed by atoms with Gasteiger partial charge in [0.15, 0.2) is 10.4 Å². The minimum atomic E-state index is -0.632. The van der Waals surface area contributed by atoms with E-state index in [9.17, 15) is 14.5 Å². The molecule has 0 atom stereocenters. The Balaban J connectivity index is 2.17. The minimum absolute atomic E-state index is 0.0180. The number of nitro groups is 1. The Bertz CT molecular complexity index is 584. The van der Waals surface area contributed by atoms with Gasteiger partial charge in [-0.15, -0.1) is 0 Å². The summed E-state index contributed by atoms with van der Waals surface area (Å²) in [4.78, 5) is 10.1. The molecular formula is C11H7BrFNO4. The molecule has 2 aromatic rings. The number of hydrogen-bond donors (Lipinski definition) is 0. The molecule has 1 aromatic carbocycles. The Morgan fingerprint density at radius 3 is 2.78 bits per heavy atom. The fraction of sp³-hybridized carbons (Fsp3) is 0.0909. The SMILES string of the molecule is O=[N+]([O-])c1ccc(F)cc1OCc1ccc(Br)o1. The molecule has 0 N–H and O–H groups in total. The molecule has 0 saturated carbocycles. The zero-order valence-corrected chi connectivity index (χ0v) is 10.5. The predicted molar refractivity (Wildman–Crippen MR) is 63.8 cm³/mol. The molecule has 0 saturated heterocycles. The standard InChI is InChI=1S/C11H7BrFNO4/c12-11-4-2-8(18-11)6-17-10-5-7(13)1-3-9(10)14(15)16/h1-5H,6H2. The van der Waals surface area contributed by atoms with E-state index >= 15 is 0 Å². The van der Waals surface area contributed by atoms with Gasteiger partial charge in [-0.1, -0.05) is 0 Å². The van der Waals surface area contributed by atoms with Gasteiger partial charge in [-0.2, -0.15) is 0 Å². The van der Waals surface area contributed by atoms with Crippen LogP contribution in [0.15, 0.2) is 39.4 Å². The normalized spacial score (nSPS) is 10.3. The predicted octanol–water partition coefficient (Wildman–Crippen LogP) is 3.67. The summed E-state index contributed by atoms with van der Waals surface area (Å²) in [6, 6.07) is 6.35. The number of ether oxygens (including phenoxy) is 1. The van der Waals surface area contributed by atoms with E-state index in [2.05, 4.69) is 15.9 Å². The maximum absolute atomic E-state index is 13.0. The smallest absolute Gasteiger partial charge is 0.311 e. The van der Waals surface area contributed by atoms with Crippen molar-refractivity contribution in [2.45, 2.75) is 6.61 Å². The second-order valence-corrected chi connectivity index (χ2v) is 4.15. The lowest BCUT2D eigenvalue weighted by Gasteiger charge is -2.04.